The molecule has 0 amide bonds. The average molecular weight is 200 g/mol. The van der Waals surface area contributed by atoms with E-state index in [4.69, 9.17) is 22.7 Å². The van der Waals surface area contributed by atoms with Crippen LogP contribution in [0.2, 0.25) is 0 Å². The van der Waals surface area contributed by atoms with Gasteiger partial charge in [0.15, 0.2) is 11.4 Å². The molecule has 0 rings (SSSR count). The number of carbonyl (C=O) groups is 1. The van der Waals surface area contributed by atoms with Crippen LogP contribution in [0.5, 0.6) is 0 Å². The van der Waals surface area contributed by atoms with Gasteiger partial charge in [-0.1, -0.05) is 12.0 Å². The predicted molar refractivity (Wildman–Crippen MR) is 53.0 cm³/mol. The zero-order valence-corrected chi connectivity index (χ0v) is 8.34. The number of Topliss-reactive ketones (excluding diaryl/α,β-unsaturated/α-hetero) is 1. The van der Waals surface area contributed by atoms with Crippen LogP contribution in [0.25, 0.3) is 10.4 Å². The second-order valence-corrected chi connectivity index (χ2v) is 3.18. The molecule has 80 valence electrons. The third-order valence-electron chi connectivity index (χ3n) is 2.08. The summed E-state index contributed by atoms with van der Waals surface area (Å²) < 4.78 is 0. The van der Waals surface area contributed by atoms with E-state index >= 15 is 0 Å². The van der Waals surface area contributed by atoms with Crippen molar-refractivity contribution in [3.63, 3.8) is 0 Å². The van der Waals surface area contributed by atoms with Crippen LogP contribution < -0.4 is 17.2 Å². The van der Waals surface area contributed by atoms with Crippen LogP contribution in [0.15, 0.2) is 5.11 Å². The van der Waals surface area contributed by atoms with E-state index in [1.807, 2.05) is 0 Å². The lowest BCUT2D eigenvalue weighted by Gasteiger charge is -2.28. The summed E-state index contributed by atoms with van der Waals surface area (Å²) in [4.78, 5) is 14.1. The van der Waals surface area contributed by atoms with Gasteiger partial charge in [-0.3, -0.25) is 4.79 Å². The Morgan fingerprint density at radius 3 is 2.43 bits per heavy atom. The fourth-order valence-electron chi connectivity index (χ4n) is 0.921. The molecule has 0 saturated carbocycles. The quantitative estimate of drug-likeness (QED) is 0.315. The number of hydrogen-bond acceptors (Lipinski definition) is 5. The molecule has 0 aliphatic carbocycles. The van der Waals surface area contributed by atoms with E-state index in [-0.39, 0.29) is 0 Å². The van der Waals surface area contributed by atoms with Gasteiger partial charge < -0.3 is 17.2 Å². The van der Waals surface area contributed by atoms with Gasteiger partial charge in [-0.15, -0.1) is 0 Å². The molecule has 0 fully saturated rings. The SMILES string of the molecule is CCC(N)C(=O)C(N)(N=[N+]=[N-])C(C)N. The largest absolute Gasteiger partial charge is 0.326 e. The highest BCUT2D eigenvalue weighted by Gasteiger charge is 2.39. The van der Waals surface area contributed by atoms with Crippen LogP contribution in [-0.2, 0) is 4.79 Å². The molecule has 0 heterocycles. The Morgan fingerprint density at radius 1 is 1.64 bits per heavy atom. The van der Waals surface area contributed by atoms with Gasteiger partial charge >= 0.3 is 0 Å². The molecular weight excluding hydrogens is 184 g/mol. The third kappa shape index (κ3) is 2.43. The van der Waals surface area contributed by atoms with Gasteiger partial charge in [-0.05, 0) is 18.9 Å². The van der Waals surface area contributed by atoms with E-state index in [9.17, 15) is 4.79 Å². The molecule has 0 saturated heterocycles. The predicted octanol–water partition coefficient (Wildman–Crippen LogP) is -0.395. The van der Waals surface area contributed by atoms with Crippen molar-refractivity contribution in [3.8, 4) is 0 Å². The standard InChI is InChI=1S/C7H16N6O/c1-3-5(9)6(14)7(10,4(2)8)12-13-11/h4-5H,3,8-10H2,1-2H3. The summed E-state index contributed by atoms with van der Waals surface area (Å²) in [5.41, 5.74) is 23.1. The monoisotopic (exact) mass is 200 g/mol. The number of ketones is 1. The summed E-state index contributed by atoms with van der Waals surface area (Å²) in [5, 5.41) is 3.23. The van der Waals surface area contributed by atoms with Crippen molar-refractivity contribution in [3.05, 3.63) is 10.4 Å². The Bertz CT molecular complexity index is 259. The highest BCUT2D eigenvalue weighted by atomic mass is 16.1. The highest BCUT2D eigenvalue weighted by Crippen LogP contribution is 2.12. The topological polar surface area (TPSA) is 144 Å². The molecule has 0 aromatic heterocycles. The maximum absolute atomic E-state index is 11.6. The second kappa shape index (κ2) is 4.92. The van der Waals surface area contributed by atoms with Crippen molar-refractivity contribution in [1.82, 2.24) is 0 Å². The number of carbonyl (C=O) groups excluding carboxylic acids is 1. The fraction of sp³-hybridized carbons (Fsp3) is 0.857. The minimum atomic E-state index is -1.75. The molecule has 7 heteroatoms. The Balaban J connectivity index is 5.01. The smallest absolute Gasteiger partial charge is 0.176 e. The minimum Gasteiger partial charge on any atom is -0.326 e. The van der Waals surface area contributed by atoms with E-state index in [1.165, 1.54) is 6.92 Å². The van der Waals surface area contributed by atoms with Gasteiger partial charge in [0.2, 0.25) is 0 Å². The van der Waals surface area contributed by atoms with Gasteiger partial charge in [-0.2, -0.15) is 0 Å². The first-order chi connectivity index (χ1) is 6.40. The lowest BCUT2D eigenvalue weighted by atomic mass is 9.93. The van der Waals surface area contributed by atoms with Crippen molar-refractivity contribution in [2.75, 3.05) is 0 Å². The molecule has 14 heavy (non-hydrogen) atoms. The number of azide groups is 1. The first-order valence-corrected chi connectivity index (χ1v) is 4.30. The molecule has 6 N–H and O–H groups in total. The summed E-state index contributed by atoms with van der Waals surface area (Å²) in [6, 6.07) is -1.53. The van der Waals surface area contributed by atoms with Crippen molar-refractivity contribution >= 4 is 5.78 Å². The first kappa shape index (κ1) is 12.9. The number of nitrogens with zero attached hydrogens (tertiary/aromatic N) is 3. The Morgan fingerprint density at radius 2 is 2.14 bits per heavy atom. The molecule has 7 nitrogen and oxygen atoms in total. The van der Waals surface area contributed by atoms with E-state index < -0.39 is 23.5 Å². The summed E-state index contributed by atoms with van der Waals surface area (Å²) >= 11 is 0. The van der Waals surface area contributed by atoms with E-state index in [0.29, 0.717) is 6.42 Å². The van der Waals surface area contributed by atoms with Crippen LogP contribution in [-0.4, -0.2) is 23.5 Å². The van der Waals surface area contributed by atoms with Gasteiger partial charge in [0, 0.05) is 11.0 Å². The zero-order chi connectivity index (χ0) is 11.4. The van der Waals surface area contributed by atoms with E-state index in [0.717, 1.165) is 0 Å². The zero-order valence-electron chi connectivity index (χ0n) is 8.34. The molecule has 0 aromatic rings. The Labute approximate surface area is 82.2 Å². The molecular formula is C7H16N6O. The summed E-state index contributed by atoms with van der Waals surface area (Å²) in [6.45, 7) is 3.23. The fourth-order valence-corrected chi connectivity index (χ4v) is 0.921. The molecule has 3 atom stereocenters. The molecule has 0 aliphatic heterocycles. The van der Waals surface area contributed by atoms with Gasteiger partial charge in [0.1, 0.15) is 0 Å². The second-order valence-electron chi connectivity index (χ2n) is 3.18. The maximum atomic E-state index is 11.6. The Kier molecular flexibility index (Phi) is 4.52. The minimum absolute atomic E-state index is 0.422. The highest BCUT2D eigenvalue weighted by molar-refractivity contribution is 5.93. The lowest BCUT2D eigenvalue weighted by molar-refractivity contribution is -0.125. The third-order valence-corrected chi connectivity index (χ3v) is 2.08. The summed E-state index contributed by atoms with van der Waals surface area (Å²) in [5.74, 6) is -0.534. The van der Waals surface area contributed by atoms with Crippen LogP contribution in [0.3, 0.4) is 0 Å². The van der Waals surface area contributed by atoms with E-state index in [2.05, 4.69) is 10.0 Å². The molecule has 3 unspecified atom stereocenters. The molecule has 0 spiro atoms. The average Bonchev–Trinajstić information content (AvgIpc) is 2.15. The maximum Gasteiger partial charge on any atom is 0.176 e. The van der Waals surface area contributed by atoms with Gasteiger partial charge in [0.25, 0.3) is 0 Å². The van der Waals surface area contributed by atoms with Crippen LogP contribution in [0.4, 0.5) is 0 Å². The van der Waals surface area contributed by atoms with Gasteiger partial charge in [0.05, 0.1) is 6.04 Å². The first-order valence-electron chi connectivity index (χ1n) is 4.30. The number of nitrogens with two attached hydrogens (primary N) is 3. The lowest BCUT2D eigenvalue weighted by Crippen LogP contribution is -2.62. The summed E-state index contributed by atoms with van der Waals surface area (Å²) in [7, 11) is 0. The van der Waals surface area contributed by atoms with Gasteiger partial charge in [-0.25, -0.2) is 0 Å². The van der Waals surface area contributed by atoms with Crippen molar-refractivity contribution in [2.24, 2.45) is 22.3 Å². The normalized spacial score (nSPS) is 18.9. The summed E-state index contributed by atoms with van der Waals surface area (Å²) in [6.07, 6.45) is 0.422. The van der Waals surface area contributed by atoms with Crippen LogP contribution in [0.1, 0.15) is 20.3 Å². The van der Waals surface area contributed by atoms with E-state index in [1.54, 1.807) is 6.92 Å². The molecule has 0 radical (unpaired) electrons. The number of hydrogen-bond donors (Lipinski definition) is 3. The Hall–Kier alpha value is -1.14. The van der Waals surface area contributed by atoms with Crippen molar-refractivity contribution in [1.29, 1.82) is 0 Å². The number of rotatable bonds is 5. The molecule has 0 aromatic carbocycles. The van der Waals surface area contributed by atoms with Crippen molar-refractivity contribution in [2.45, 2.75) is 38.0 Å². The van der Waals surface area contributed by atoms with Crippen LogP contribution >= 0.6 is 0 Å². The van der Waals surface area contributed by atoms with Crippen molar-refractivity contribution < 1.29 is 4.79 Å². The van der Waals surface area contributed by atoms with Crippen LogP contribution in [0, 0.1) is 0 Å². The molecule has 0 aliphatic rings. The molecule has 0 bridgehead atoms.